The van der Waals surface area contributed by atoms with E-state index in [4.69, 9.17) is 5.73 Å². The second-order valence-corrected chi connectivity index (χ2v) is 4.64. The number of amides is 1. The molecule has 1 rings (SSSR count). The van der Waals surface area contributed by atoms with E-state index in [1.165, 1.54) is 0 Å². The number of primary amides is 1. The Morgan fingerprint density at radius 3 is 2.39 bits per heavy atom. The molecule has 1 saturated carbocycles. The Bertz CT molecular complexity index is 293. The van der Waals surface area contributed by atoms with Gasteiger partial charge in [0, 0.05) is 0 Å². The fourth-order valence-electron chi connectivity index (χ4n) is 1.92. The van der Waals surface area contributed by atoms with Crippen LogP contribution in [0, 0.1) is 5.92 Å². The van der Waals surface area contributed by atoms with Gasteiger partial charge in [-0.1, -0.05) is 6.92 Å². The van der Waals surface area contributed by atoms with Crippen molar-refractivity contribution in [2.24, 2.45) is 11.7 Å². The van der Waals surface area contributed by atoms with Gasteiger partial charge in [-0.15, -0.1) is 0 Å². The summed E-state index contributed by atoms with van der Waals surface area (Å²) >= 11 is 0. The Morgan fingerprint density at radius 2 is 2.00 bits per heavy atom. The lowest BCUT2D eigenvalue weighted by Crippen LogP contribution is -2.60. The molecule has 18 heavy (non-hydrogen) atoms. The molecular weight excluding hydrogens is 249 g/mol. The maximum absolute atomic E-state index is 12.0. The van der Waals surface area contributed by atoms with Gasteiger partial charge in [0.25, 0.3) is 0 Å². The predicted molar refractivity (Wildman–Crippen MR) is 59.8 cm³/mol. The lowest BCUT2D eigenvalue weighted by atomic mass is 9.93. The van der Waals surface area contributed by atoms with E-state index < -0.39 is 24.2 Å². The summed E-state index contributed by atoms with van der Waals surface area (Å²) in [4.78, 5) is 11.6. The zero-order valence-corrected chi connectivity index (χ0v) is 10.3. The zero-order valence-electron chi connectivity index (χ0n) is 10.3. The number of carbonyl (C=O) groups excluding carboxylic acids is 1. The largest absolute Gasteiger partial charge is 0.411 e. The highest BCUT2D eigenvalue weighted by Crippen LogP contribution is 2.40. The zero-order chi connectivity index (χ0) is 13.8. The number of ether oxygens (including phenoxy) is 1. The van der Waals surface area contributed by atoms with Crippen molar-refractivity contribution in [3.63, 3.8) is 0 Å². The van der Waals surface area contributed by atoms with Crippen LogP contribution in [0.2, 0.25) is 0 Å². The molecule has 0 aromatic carbocycles. The number of nitrogens with two attached hydrogens (primary N) is 1. The monoisotopic (exact) mass is 268 g/mol. The second-order valence-electron chi connectivity index (χ2n) is 4.64. The third-order valence-electron chi connectivity index (χ3n) is 3.00. The van der Waals surface area contributed by atoms with Gasteiger partial charge in [0.2, 0.25) is 5.91 Å². The van der Waals surface area contributed by atoms with Crippen molar-refractivity contribution in [2.75, 3.05) is 19.8 Å². The van der Waals surface area contributed by atoms with Crippen LogP contribution in [0.15, 0.2) is 0 Å². The highest BCUT2D eigenvalue weighted by molar-refractivity contribution is 5.85. The van der Waals surface area contributed by atoms with Gasteiger partial charge >= 0.3 is 6.18 Å². The van der Waals surface area contributed by atoms with E-state index in [0.29, 0.717) is 6.54 Å². The Hall–Kier alpha value is -0.820. The predicted octanol–water partition coefficient (Wildman–Crippen LogP) is 1.20. The molecule has 1 aliphatic carbocycles. The summed E-state index contributed by atoms with van der Waals surface area (Å²) in [5.74, 6) is -0.657. The molecule has 3 N–H and O–H groups in total. The maximum atomic E-state index is 12.0. The lowest BCUT2D eigenvalue weighted by molar-refractivity contribution is -0.180. The summed E-state index contributed by atoms with van der Waals surface area (Å²) in [5, 5.41) is 2.96. The lowest BCUT2D eigenvalue weighted by Gasteiger charge is -2.32. The highest BCUT2D eigenvalue weighted by atomic mass is 19.4. The van der Waals surface area contributed by atoms with E-state index in [9.17, 15) is 18.0 Å². The second kappa shape index (κ2) is 5.88. The first-order chi connectivity index (χ1) is 8.32. The average Bonchev–Trinajstić information content (AvgIpc) is 3.05. The minimum Gasteiger partial charge on any atom is -0.370 e. The Kier molecular flexibility index (Phi) is 4.98. The van der Waals surface area contributed by atoms with Gasteiger partial charge in [-0.3, -0.25) is 4.79 Å². The summed E-state index contributed by atoms with van der Waals surface area (Å²) < 4.78 is 40.8. The van der Waals surface area contributed by atoms with Crippen molar-refractivity contribution in [3.8, 4) is 0 Å². The molecule has 1 amide bonds. The van der Waals surface area contributed by atoms with Gasteiger partial charge in [0.15, 0.2) is 0 Å². The number of hydrogen-bond donors (Lipinski definition) is 2. The summed E-state index contributed by atoms with van der Waals surface area (Å²) in [6.07, 6.45) is -2.05. The van der Waals surface area contributed by atoms with E-state index in [2.05, 4.69) is 10.1 Å². The molecule has 4 nitrogen and oxygen atoms in total. The number of hydrogen-bond acceptors (Lipinski definition) is 3. The van der Waals surface area contributed by atoms with Gasteiger partial charge in [0.05, 0.1) is 6.61 Å². The van der Waals surface area contributed by atoms with Crippen LogP contribution in [-0.2, 0) is 9.53 Å². The first-order valence-corrected chi connectivity index (χ1v) is 6.01. The Labute approximate surface area is 104 Å². The number of alkyl halides is 3. The van der Waals surface area contributed by atoms with Crippen LogP contribution < -0.4 is 11.1 Å². The quantitative estimate of drug-likeness (QED) is 0.695. The fraction of sp³-hybridized carbons (Fsp3) is 0.909. The van der Waals surface area contributed by atoms with Crippen LogP contribution >= 0.6 is 0 Å². The van der Waals surface area contributed by atoms with Crippen LogP contribution in [0.25, 0.3) is 0 Å². The van der Waals surface area contributed by atoms with Gasteiger partial charge in [-0.25, -0.2) is 0 Å². The Balaban J connectivity index is 2.61. The third-order valence-corrected chi connectivity index (χ3v) is 3.00. The molecule has 0 aromatic heterocycles. The number of carbonyl (C=O) groups is 1. The maximum Gasteiger partial charge on any atom is 0.411 e. The molecule has 0 saturated heterocycles. The molecule has 1 atom stereocenters. The van der Waals surface area contributed by atoms with Crippen LogP contribution in [0.4, 0.5) is 13.2 Å². The van der Waals surface area contributed by atoms with Crippen LogP contribution in [0.3, 0.4) is 0 Å². The highest BCUT2D eigenvalue weighted by Gasteiger charge is 2.50. The smallest absolute Gasteiger partial charge is 0.370 e. The van der Waals surface area contributed by atoms with Crippen LogP contribution in [-0.4, -0.2) is 37.4 Å². The van der Waals surface area contributed by atoms with Gasteiger partial charge in [0.1, 0.15) is 12.1 Å². The van der Waals surface area contributed by atoms with Crippen molar-refractivity contribution in [1.29, 1.82) is 0 Å². The standard InChI is InChI=1S/C11H19F3N2O2/c1-2-5-16-10(9(15)17,8-3-4-8)6-18-7-11(12,13)14/h8,16H,2-7H2,1H3,(H2,15,17). The van der Waals surface area contributed by atoms with Crippen molar-refractivity contribution in [1.82, 2.24) is 5.32 Å². The number of nitrogens with one attached hydrogen (secondary N) is 1. The third kappa shape index (κ3) is 4.13. The van der Waals surface area contributed by atoms with E-state index in [0.717, 1.165) is 19.3 Å². The van der Waals surface area contributed by atoms with Crippen molar-refractivity contribution in [2.45, 2.75) is 37.9 Å². The SMILES string of the molecule is CCCNC(COCC(F)(F)F)(C(N)=O)C1CC1. The topological polar surface area (TPSA) is 64.3 Å². The van der Waals surface area contributed by atoms with Crippen LogP contribution in [0.5, 0.6) is 0 Å². The van der Waals surface area contributed by atoms with E-state index in [1.54, 1.807) is 0 Å². The molecule has 1 unspecified atom stereocenters. The van der Waals surface area contributed by atoms with E-state index in [1.807, 2.05) is 6.92 Å². The summed E-state index contributed by atoms with van der Waals surface area (Å²) in [7, 11) is 0. The van der Waals surface area contributed by atoms with Gasteiger partial charge < -0.3 is 15.8 Å². The summed E-state index contributed by atoms with van der Waals surface area (Å²) in [6, 6.07) is 0. The minimum atomic E-state index is -4.39. The Morgan fingerprint density at radius 1 is 1.39 bits per heavy atom. The molecule has 0 aromatic rings. The molecule has 0 aliphatic heterocycles. The van der Waals surface area contributed by atoms with Gasteiger partial charge in [-0.05, 0) is 31.7 Å². The average molecular weight is 268 g/mol. The van der Waals surface area contributed by atoms with Crippen molar-refractivity contribution in [3.05, 3.63) is 0 Å². The molecule has 1 fully saturated rings. The molecule has 1 aliphatic rings. The normalized spacial score (nSPS) is 19.6. The summed E-state index contributed by atoms with van der Waals surface area (Å²) in [5.41, 5.74) is 4.19. The van der Waals surface area contributed by atoms with E-state index in [-0.39, 0.29) is 12.5 Å². The molecule has 7 heteroatoms. The van der Waals surface area contributed by atoms with Crippen LogP contribution in [0.1, 0.15) is 26.2 Å². The molecule has 106 valence electrons. The molecule has 0 heterocycles. The fourth-order valence-corrected chi connectivity index (χ4v) is 1.92. The number of rotatable bonds is 8. The minimum absolute atomic E-state index is 0.0187. The molecule has 0 radical (unpaired) electrons. The molecular formula is C11H19F3N2O2. The molecule has 0 bridgehead atoms. The first kappa shape index (κ1) is 15.2. The van der Waals surface area contributed by atoms with E-state index >= 15 is 0 Å². The van der Waals surface area contributed by atoms with Crippen molar-refractivity contribution >= 4 is 5.91 Å². The first-order valence-electron chi connectivity index (χ1n) is 6.01. The van der Waals surface area contributed by atoms with Crippen molar-refractivity contribution < 1.29 is 22.7 Å². The van der Waals surface area contributed by atoms with Gasteiger partial charge in [-0.2, -0.15) is 13.2 Å². The number of halogens is 3. The molecule has 0 spiro atoms. The summed E-state index contributed by atoms with van der Waals surface area (Å²) in [6.45, 7) is 0.742.